The van der Waals surface area contributed by atoms with Crippen LogP contribution < -0.4 is 5.32 Å². The van der Waals surface area contributed by atoms with E-state index in [1.807, 2.05) is 30.3 Å². The van der Waals surface area contributed by atoms with Crippen molar-refractivity contribution >= 4 is 22.5 Å². The number of rotatable bonds is 4. The monoisotopic (exact) mass is 304 g/mol. The second-order valence-corrected chi connectivity index (χ2v) is 5.56. The Kier molecular flexibility index (Phi) is 3.34. The Hall–Kier alpha value is -3.02. The van der Waals surface area contributed by atoms with E-state index in [1.54, 1.807) is 4.52 Å². The van der Waals surface area contributed by atoms with Gasteiger partial charge in [0.2, 0.25) is 5.65 Å². The first-order valence-electron chi connectivity index (χ1n) is 7.58. The van der Waals surface area contributed by atoms with Gasteiger partial charge in [0.1, 0.15) is 0 Å². The number of para-hydroxylation sites is 2. The van der Waals surface area contributed by atoms with Crippen LogP contribution in [0.2, 0.25) is 0 Å². The zero-order chi connectivity index (χ0) is 15.6. The van der Waals surface area contributed by atoms with Crippen molar-refractivity contribution in [2.45, 2.75) is 12.8 Å². The SMILES string of the molecule is CC(CNc1nc2ccccc2n2nnnc12)c1ccccc1. The molecule has 0 aliphatic carbocycles. The summed E-state index contributed by atoms with van der Waals surface area (Å²) in [6, 6.07) is 18.2. The Morgan fingerprint density at radius 1 is 1.04 bits per heavy atom. The number of nitrogens with one attached hydrogen (secondary N) is 1. The van der Waals surface area contributed by atoms with Gasteiger partial charge in [-0.15, -0.1) is 5.10 Å². The number of aromatic nitrogens is 5. The highest BCUT2D eigenvalue weighted by Crippen LogP contribution is 2.20. The Morgan fingerprint density at radius 2 is 1.83 bits per heavy atom. The molecule has 4 rings (SSSR count). The molecular weight excluding hydrogens is 288 g/mol. The minimum absolute atomic E-state index is 0.361. The van der Waals surface area contributed by atoms with Crippen molar-refractivity contribution in [2.24, 2.45) is 0 Å². The summed E-state index contributed by atoms with van der Waals surface area (Å²) in [5, 5.41) is 15.3. The maximum atomic E-state index is 4.67. The van der Waals surface area contributed by atoms with E-state index in [0.717, 1.165) is 17.6 Å². The molecule has 6 nitrogen and oxygen atoms in total. The van der Waals surface area contributed by atoms with Gasteiger partial charge < -0.3 is 5.32 Å². The summed E-state index contributed by atoms with van der Waals surface area (Å²) >= 11 is 0. The van der Waals surface area contributed by atoms with Crippen LogP contribution in [0.5, 0.6) is 0 Å². The van der Waals surface area contributed by atoms with Crippen molar-refractivity contribution in [3.63, 3.8) is 0 Å². The van der Waals surface area contributed by atoms with E-state index in [4.69, 9.17) is 0 Å². The van der Waals surface area contributed by atoms with E-state index in [1.165, 1.54) is 5.56 Å². The summed E-state index contributed by atoms with van der Waals surface area (Å²) in [4.78, 5) is 4.67. The molecule has 0 amide bonds. The molecule has 114 valence electrons. The summed E-state index contributed by atoms with van der Waals surface area (Å²) in [6.45, 7) is 2.94. The van der Waals surface area contributed by atoms with Crippen molar-refractivity contribution in [1.29, 1.82) is 0 Å². The van der Waals surface area contributed by atoms with Crippen LogP contribution in [0.4, 0.5) is 5.82 Å². The van der Waals surface area contributed by atoms with E-state index >= 15 is 0 Å². The summed E-state index contributed by atoms with van der Waals surface area (Å²) in [7, 11) is 0. The number of hydrogen-bond donors (Lipinski definition) is 1. The molecule has 23 heavy (non-hydrogen) atoms. The molecule has 6 heteroatoms. The minimum atomic E-state index is 0.361. The number of fused-ring (bicyclic) bond motifs is 3. The van der Waals surface area contributed by atoms with Gasteiger partial charge in [-0.2, -0.15) is 4.52 Å². The topological polar surface area (TPSA) is 68.0 Å². The zero-order valence-electron chi connectivity index (χ0n) is 12.7. The normalized spacial score (nSPS) is 12.6. The molecule has 0 saturated carbocycles. The van der Waals surface area contributed by atoms with Gasteiger partial charge in [0.15, 0.2) is 5.82 Å². The maximum absolute atomic E-state index is 4.67. The Balaban J connectivity index is 1.67. The predicted octanol–water partition coefficient (Wildman–Crippen LogP) is 2.89. The molecule has 0 aliphatic heterocycles. The first-order valence-corrected chi connectivity index (χ1v) is 7.58. The summed E-state index contributed by atoms with van der Waals surface area (Å²) in [5.41, 5.74) is 3.69. The molecule has 4 aromatic rings. The summed E-state index contributed by atoms with van der Waals surface area (Å²) < 4.78 is 1.72. The molecule has 1 unspecified atom stereocenters. The fourth-order valence-corrected chi connectivity index (χ4v) is 2.67. The van der Waals surface area contributed by atoms with Crippen LogP contribution in [0, 0.1) is 0 Å². The van der Waals surface area contributed by atoms with Crippen molar-refractivity contribution in [1.82, 2.24) is 25.0 Å². The van der Waals surface area contributed by atoms with Crippen LogP contribution >= 0.6 is 0 Å². The van der Waals surface area contributed by atoms with Gasteiger partial charge in [-0.1, -0.05) is 49.4 Å². The number of tetrazole rings is 1. The Bertz CT molecular complexity index is 947. The first kappa shape index (κ1) is 13.6. The van der Waals surface area contributed by atoms with Gasteiger partial charge in [0.05, 0.1) is 11.0 Å². The first-order chi connectivity index (χ1) is 11.3. The van der Waals surface area contributed by atoms with Crippen LogP contribution in [0.3, 0.4) is 0 Å². The quantitative estimate of drug-likeness (QED) is 0.628. The minimum Gasteiger partial charge on any atom is -0.366 e. The number of hydrogen-bond acceptors (Lipinski definition) is 5. The molecule has 1 N–H and O–H groups in total. The van der Waals surface area contributed by atoms with E-state index in [2.05, 4.69) is 57.0 Å². The average Bonchev–Trinajstić information content (AvgIpc) is 3.10. The molecule has 2 aromatic heterocycles. The number of anilines is 1. The number of benzene rings is 2. The lowest BCUT2D eigenvalue weighted by Crippen LogP contribution is -2.12. The Morgan fingerprint density at radius 3 is 2.70 bits per heavy atom. The molecule has 0 saturated heterocycles. The third kappa shape index (κ3) is 2.48. The summed E-state index contributed by atoms with van der Waals surface area (Å²) in [6.07, 6.45) is 0. The van der Waals surface area contributed by atoms with E-state index in [0.29, 0.717) is 17.4 Å². The van der Waals surface area contributed by atoms with E-state index < -0.39 is 0 Å². The highest BCUT2D eigenvalue weighted by atomic mass is 15.5. The lowest BCUT2D eigenvalue weighted by molar-refractivity contribution is 0.801. The van der Waals surface area contributed by atoms with Crippen LogP contribution in [0.15, 0.2) is 54.6 Å². The fourth-order valence-electron chi connectivity index (χ4n) is 2.67. The van der Waals surface area contributed by atoms with Gasteiger partial charge in [-0.3, -0.25) is 0 Å². The van der Waals surface area contributed by atoms with Gasteiger partial charge in [-0.05, 0) is 34.0 Å². The molecule has 0 aliphatic rings. The lowest BCUT2D eigenvalue weighted by Gasteiger charge is -2.14. The molecule has 1 atom stereocenters. The van der Waals surface area contributed by atoms with Crippen molar-refractivity contribution < 1.29 is 0 Å². The van der Waals surface area contributed by atoms with Crippen LogP contribution in [0.25, 0.3) is 16.7 Å². The van der Waals surface area contributed by atoms with Crippen LogP contribution in [-0.4, -0.2) is 31.6 Å². The second-order valence-electron chi connectivity index (χ2n) is 5.56. The van der Waals surface area contributed by atoms with Gasteiger partial charge >= 0.3 is 0 Å². The standard InChI is InChI=1S/C17H16N6/c1-12(13-7-3-2-4-8-13)11-18-16-17-20-21-22-23(17)15-10-6-5-9-14(15)19-16/h2-10,12H,11H2,1H3,(H,18,19). The molecule has 0 bridgehead atoms. The zero-order valence-corrected chi connectivity index (χ0v) is 12.7. The smallest absolute Gasteiger partial charge is 0.222 e. The third-order valence-corrected chi connectivity index (χ3v) is 3.97. The average molecular weight is 304 g/mol. The highest BCUT2D eigenvalue weighted by Gasteiger charge is 2.12. The second kappa shape index (κ2) is 5.64. The largest absolute Gasteiger partial charge is 0.366 e. The van der Waals surface area contributed by atoms with E-state index in [9.17, 15) is 0 Å². The lowest BCUT2D eigenvalue weighted by atomic mass is 10.0. The van der Waals surface area contributed by atoms with Gasteiger partial charge in [0, 0.05) is 6.54 Å². The third-order valence-electron chi connectivity index (χ3n) is 3.97. The van der Waals surface area contributed by atoms with Crippen molar-refractivity contribution in [3.8, 4) is 0 Å². The van der Waals surface area contributed by atoms with Crippen molar-refractivity contribution in [2.75, 3.05) is 11.9 Å². The number of nitrogens with zero attached hydrogens (tertiary/aromatic N) is 5. The molecular formula is C17H16N6. The van der Waals surface area contributed by atoms with Gasteiger partial charge in [0.25, 0.3) is 0 Å². The van der Waals surface area contributed by atoms with Gasteiger partial charge in [-0.25, -0.2) is 4.98 Å². The molecule has 0 radical (unpaired) electrons. The summed E-state index contributed by atoms with van der Waals surface area (Å²) in [5.74, 6) is 1.07. The Labute approximate surface area is 133 Å². The molecule has 2 aromatic carbocycles. The predicted molar refractivity (Wildman–Crippen MR) is 89.4 cm³/mol. The fraction of sp³-hybridized carbons (Fsp3) is 0.176. The maximum Gasteiger partial charge on any atom is 0.222 e. The van der Waals surface area contributed by atoms with Crippen LogP contribution in [0.1, 0.15) is 18.4 Å². The van der Waals surface area contributed by atoms with Crippen molar-refractivity contribution in [3.05, 3.63) is 60.2 Å². The molecule has 0 fully saturated rings. The van der Waals surface area contributed by atoms with Crippen LogP contribution in [-0.2, 0) is 0 Å². The van der Waals surface area contributed by atoms with E-state index in [-0.39, 0.29) is 0 Å². The highest BCUT2D eigenvalue weighted by molar-refractivity contribution is 5.81. The molecule has 2 heterocycles. The molecule has 0 spiro atoms.